The van der Waals surface area contributed by atoms with Crippen LogP contribution in [0.2, 0.25) is 0 Å². The van der Waals surface area contributed by atoms with Gasteiger partial charge in [-0.2, -0.15) is 0 Å². The van der Waals surface area contributed by atoms with E-state index in [2.05, 4.69) is 21.7 Å². The lowest BCUT2D eigenvalue weighted by atomic mass is 10.1. The highest BCUT2D eigenvalue weighted by Crippen LogP contribution is 2.17. The first kappa shape index (κ1) is 13.1. The summed E-state index contributed by atoms with van der Waals surface area (Å²) < 4.78 is 0. The van der Waals surface area contributed by atoms with Crippen LogP contribution in [0.4, 0.5) is 11.4 Å². The summed E-state index contributed by atoms with van der Waals surface area (Å²) in [5, 5.41) is 5.87. The lowest BCUT2D eigenvalue weighted by Gasteiger charge is -2.10. The number of anilines is 2. The van der Waals surface area contributed by atoms with E-state index in [-0.39, 0.29) is 5.91 Å². The molecule has 4 heteroatoms. The molecular weight excluding hydrogens is 238 g/mol. The zero-order valence-electron chi connectivity index (χ0n) is 11.3. The molecule has 1 aromatic heterocycles. The summed E-state index contributed by atoms with van der Waals surface area (Å²) in [4.78, 5) is 16.2. The maximum atomic E-state index is 12.2. The maximum Gasteiger partial charge on any atom is 0.257 e. The molecule has 0 saturated heterocycles. The van der Waals surface area contributed by atoms with Crippen LogP contribution in [0, 0.1) is 13.8 Å². The largest absolute Gasteiger partial charge is 0.386 e. The molecular formula is C15H17N3O. The number of carbonyl (C=O) groups is 1. The van der Waals surface area contributed by atoms with E-state index < -0.39 is 0 Å². The first-order valence-corrected chi connectivity index (χ1v) is 6.11. The number of aromatic nitrogens is 1. The van der Waals surface area contributed by atoms with E-state index in [1.807, 2.05) is 26.0 Å². The fourth-order valence-electron chi connectivity index (χ4n) is 2.04. The number of nitrogens with zero attached hydrogens (tertiary/aromatic N) is 1. The van der Waals surface area contributed by atoms with Gasteiger partial charge in [-0.1, -0.05) is 6.07 Å². The quantitative estimate of drug-likeness (QED) is 0.886. The van der Waals surface area contributed by atoms with E-state index in [0.29, 0.717) is 11.3 Å². The topological polar surface area (TPSA) is 54.0 Å². The van der Waals surface area contributed by atoms with Crippen LogP contribution in [-0.2, 0) is 0 Å². The minimum absolute atomic E-state index is 0.142. The van der Waals surface area contributed by atoms with Gasteiger partial charge in [-0.25, -0.2) is 0 Å². The molecule has 0 aliphatic rings. The highest BCUT2D eigenvalue weighted by atomic mass is 16.1. The zero-order chi connectivity index (χ0) is 13.8. The van der Waals surface area contributed by atoms with Gasteiger partial charge in [-0.05, 0) is 43.2 Å². The highest BCUT2D eigenvalue weighted by molar-refractivity contribution is 6.07. The van der Waals surface area contributed by atoms with Crippen molar-refractivity contribution >= 4 is 17.3 Å². The Hall–Kier alpha value is -2.36. The summed E-state index contributed by atoms with van der Waals surface area (Å²) in [7, 11) is 1.77. The van der Waals surface area contributed by atoms with Crippen molar-refractivity contribution in [2.24, 2.45) is 0 Å². The van der Waals surface area contributed by atoms with Crippen molar-refractivity contribution in [2.75, 3.05) is 17.7 Å². The molecule has 0 aliphatic heterocycles. The van der Waals surface area contributed by atoms with E-state index in [9.17, 15) is 4.79 Å². The monoisotopic (exact) mass is 255 g/mol. The second-order valence-electron chi connectivity index (χ2n) is 4.50. The first-order valence-electron chi connectivity index (χ1n) is 6.11. The molecule has 0 saturated carbocycles. The number of nitrogens with one attached hydrogen (secondary N) is 2. The SMILES string of the molecule is CNc1cnccc1C(=O)Nc1cc(C)cc(C)c1. The van der Waals surface area contributed by atoms with E-state index in [1.165, 1.54) is 0 Å². The van der Waals surface area contributed by atoms with E-state index in [0.717, 1.165) is 16.8 Å². The molecule has 2 aromatic rings. The van der Waals surface area contributed by atoms with Crippen LogP contribution in [0.1, 0.15) is 21.5 Å². The smallest absolute Gasteiger partial charge is 0.257 e. The van der Waals surface area contributed by atoms with Gasteiger partial charge in [-0.3, -0.25) is 9.78 Å². The van der Waals surface area contributed by atoms with Gasteiger partial charge in [0.05, 0.1) is 17.4 Å². The van der Waals surface area contributed by atoms with Crippen LogP contribution in [-0.4, -0.2) is 17.9 Å². The molecule has 4 nitrogen and oxygen atoms in total. The Labute approximate surface area is 112 Å². The molecule has 0 unspecified atom stereocenters. The molecule has 0 fully saturated rings. The van der Waals surface area contributed by atoms with E-state index in [4.69, 9.17) is 0 Å². The number of amides is 1. The minimum Gasteiger partial charge on any atom is -0.386 e. The van der Waals surface area contributed by atoms with E-state index in [1.54, 1.807) is 25.5 Å². The van der Waals surface area contributed by atoms with Crippen LogP contribution < -0.4 is 10.6 Å². The van der Waals surface area contributed by atoms with Gasteiger partial charge in [0.15, 0.2) is 0 Å². The van der Waals surface area contributed by atoms with Gasteiger partial charge in [-0.15, -0.1) is 0 Å². The third-order valence-electron chi connectivity index (χ3n) is 2.81. The second kappa shape index (κ2) is 5.52. The number of carbonyl (C=O) groups excluding carboxylic acids is 1. The van der Waals surface area contributed by atoms with Crippen molar-refractivity contribution in [1.29, 1.82) is 0 Å². The number of aryl methyl sites for hydroxylation is 2. The number of benzene rings is 1. The van der Waals surface area contributed by atoms with Crippen molar-refractivity contribution in [3.63, 3.8) is 0 Å². The summed E-state index contributed by atoms with van der Waals surface area (Å²) in [6.07, 6.45) is 3.24. The van der Waals surface area contributed by atoms with E-state index >= 15 is 0 Å². The third kappa shape index (κ3) is 3.10. The third-order valence-corrected chi connectivity index (χ3v) is 2.81. The Morgan fingerprint density at radius 1 is 1.16 bits per heavy atom. The standard InChI is InChI=1S/C15H17N3O/c1-10-6-11(2)8-12(7-10)18-15(19)13-4-5-17-9-14(13)16-3/h4-9,16H,1-3H3,(H,18,19). The van der Waals surface area contributed by atoms with Gasteiger partial charge < -0.3 is 10.6 Å². The minimum atomic E-state index is -0.142. The van der Waals surface area contributed by atoms with Gasteiger partial charge in [0.1, 0.15) is 0 Å². The van der Waals surface area contributed by atoms with Gasteiger partial charge >= 0.3 is 0 Å². The lowest BCUT2D eigenvalue weighted by Crippen LogP contribution is -2.14. The lowest BCUT2D eigenvalue weighted by molar-refractivity contribution is 0.102. The summed E-state index contributed by atoms with van der Waals surface area (Å²) in [6.45, 7) is 4.02. The fourth-order valence-corrected chi connectivity index (χ4v) is 2.04. The predicted octanol–water partition coefficient (Wildman–Crippen LogP) is 2.99. The number of pyridine rings is 1. The number of hydrogen-bond acceptors (Lipinski definition) is 3. The van der Waals surface area contributed by atoms with Crippen molar-refractivity contribution in [3.05, 3.63) is 53.3 Å². The molecule has 1 amide bonds. The summed E-state index contributed by atoms with van der Waals surface area (Å²) in [6, 6.07) is 7.67. The van der Waals surface area contributed by atoms with Gasteiger partial charge in [0.25, 0.3) is 5.91 Å². The second-order valence-corrected chi connectivity index (χ2v) is 4.50. The molecule has 1 heterocycles. The van der Waals surface area contributed by atoms with Crippen molar-refractivity contribution in [3.8, 4) is 0 Å². The first-order chi connectivity index (χ1) is 9.10. The summed E-state index contributed by atoms with van der Waals surface area (Å²) in [5.74, 6) is -0.142. The Morgan fingerprint density at radius 2 is 1.84 bits per heavy atom. The Bertz CT molecular complexity index is 588. The summed E-state index contributed by atoms with van der Waals surface area (Å²) >= 11 is 0. The fraction of sp³-hybridized carbons (Fsp3) is 0.200. The Morgan fingerprint density at radius 3 is 2.47 bits per heavy atom. The number of rotatable bonds is 3. The summed E-state index contributed by atoms with van der Waals surface area (Å²) in [5.41, 5.74) is 4.35. The van der Waals surface area contributed by atoms with Crippen molar-refractivity contribution < 1.29 is 4.79 Å². The normalized spacial score (nSPS) is 10.1. The van der Waals surface area contributed by atoms with Crippen LogP contribution in [0.25, 0.3) is 0 Å². The molecule has 2 rings (SSSR count). The molecule has 0 radical (unpaired) electrons. The Balaban J connectivity index is 2.25. The van der Waals surface area contributed by atoms with Crippen LogP contribution >= 0.6 is 0 Å². The number of hydrogen-bond donors (Lipinski definition) is 2. The predicted molar refractivity (Wildman–Crippen MR) is 77.7 cm³/mol. The Kier molecular flexibility index (Phi) is 3.80. The molecule has 19 heavy (non-hydrogen) atoms. The van der Waals surface area contributed by atoms with Crippen molar-refractivity contribution in [2.45, 2.75) is 13.8 Å². The van der Waals surface area contributed by atoms with Crippen LogP contribution in [0.15, 0.2) is 36.7 Å². The van der Waals surface area contributed by atoms with Crippen molar-refractivity contribution in [1.82, 2.24) is 4.98 Å². The molecule has 98 valence electrons. The average molecular weight is 255 g/mol. The molecule has 1 aromatic carbocycles. The molecule has 0 bridgehead atoms. The highest BCUT2D eigenvalue weighted by Gasteiger charge is 2.10. The zero-order valence-corrected chi connectivity index (χ0v) is 11.3. The van der Waals surface area contributed by atoms with Crippen LogP contribution in [0.5, 0.6) is 0 Å². The molecule has 0 aliphatic carbocycles. The molecule has 2 N–H and O–H groups in total. The van der Waals surface area contributed by atoms with Gasteiger partial charge in [0, 0.05) is 18.9 Å². The molecule has 0 spiro atoms. The molecule has 0 atom stereocenters. The van der Waals surface area contributed by atoms with Crippen LogP contribution in [0.3, 0.4) is 0 Å². The van der Waals surface area contributed by atoms with Gasteiger partial charge in [0.2, 0.25) is 0 Å². The average Bonchev–Trinajstić information content (AvgIpc) is 2.37. The maximum absolute atomic E-state index is 12.2.